The summed E-state index contributed by atoms with van der Waals surface area (Å²) in [6, 6.07) is 6.52. The molecule has 0 radical (unpaired) electrons. The van der Waals surface area contributed by atoms with Crippen LogP contribution in [-0.4, -0.2) is 5.12 Å². The van der Waals surface area contributed by atoms with E-state index in [1.807, 2.05) is 0 Å². The SMILES string of the molecule is CCCC(=O)Sc1[s+]sc2c1-c1cc(C)ccc1NC2(C)C. The maximum Gasteiger partial charge on any atom is 0.309 e. The smallest absolute Gasteiger partial charge is 0.309 e. The van der Waals surface area contributed by atoms with Gasteiger partial charge in [0.25, 0.3) is 4.21 Å². The molecule has 0 unspecified atom stereocenters. The molecular formula is C17H20NOS3+. The summed E-state index contributed by atoms with van der Waals surface area (Å²) < 4.78 is 1.15. The topological polar surface area (TPSA) is 29.1 Å². The molecule has 0 saturated carbocycles. The van der Waals surface area contributed by atoms with Crippen LogP contribution >= 0.6 is 32.4 Å². The van der Waals surface area contributed by atoms with Gasteiger partial charge >= 0.3 is 10.3 Å². The number of carbonyl (C=O) groups excluding carboxylic acids is 1. The highest BCUT2D eigenvalue weighted by Gasteiger charge is 2.40. The molecular weight excluding hydrogens is 330 g/mol. The molecule has 2 heterocycles. The lowest BCUT2D eigenvalue weighted by atomic mass is 9.89. The maximum absolute atomic E-state index is 12.1. The van der Waals surface area contributed by atoms with Crippen molar-refractivity contribution in [2.45, 2.75) is 50.3 Å². The Morgan fingerprint density at radius 2 is 2.18 bits per heavy atom. The summed E-state index contributed by atoms with van der Waals surface area (Å²) in [5, 5.41) is 3.90. The van der Waals surface area contributed by atoms with Gasteiger partial charge in [0.15, 0.2) is 15.5 Å². The van der Waals surface area contributed by atoms with Gasteiger partial charge in [-0.3, -0.25) is 4.79 Å². The Labute approximate surface area is 143 Å². The number of fused-ring (bicyclic) bond motifs is 3. The van der Waals surface area contributed by atoms with Crippen LogP contribution in [0, 0.1) is 6.92 Å². The number of nitrogens with one attached hydrogen (secondary N) is 1. The van der Waals surface area contributed by atoms with E-state index in [9.17, 15) is 4.79 Å². The summed E-state index contributed by atoms with van der Waals surface area (Å²) in [4.78, 5) is 13.4. The van der Waals surface area contributed by atoms with Gasteiger partial charge < -0.3 is 5.32 Å². The minimum absolute atomic E-state index is 0.0919. The third kappa shape index (κ3) is 2.82. The van der Waals surface area contributed by atoms with E-state index < -0.39 is 0 Å². The van der Waals surface area contributed by atoms with Crippen molar-refractivity contribution in [1.82, 2.24) is 0 Å². The summed E-state index contributed by atoms with van der Waals surface area (Å²) in [5.74, 6) is 0. The van der Waals surface area contributed by atoms with Crippen molar-refractivity contribution < 1.29 is 4.79 Å². The zero-order chi connectivity index (χ0) is 15.9. The first kappa shape index (κ1) is 16.0. The average Bonchev–Trinajstić information content (AvgIpc) is 2.85. The summed E-state index contributed by atoms with van der Waals surface area (Å²) >= 11 is 1.42. The molecule has 1 aromatic heterocycles. The van der Waals surface area contributed by atoms with Crippen LogP contribution in [0.2, 0.25) is 0 Å². The van der Waals surface area contributed by atoms with Crippen molar-refractivity contribution in [3.63, 3.8) is 0 Å². The molecule has 2 aromatic rings. The van der Waals surface area contributed by atoms with Gasteiger partial charge in [0, 0.05) is 29.4 Å². The molecule has 2 nitrogen and oxygen atoms in total. The Bertz CT molecular complexity index is 734. The summed E-state index contributed by atoms with van der Waals surface area (Å²) in [5.41, 5.74) is 4.83. The first-order valence-electron chi connectivity index (χ1n) is 7.49. The minimum atomic E-state index is -0.0919. The fourth-order valence-corrected chi connectivity index (χ4v) is 7.29. The summed E-state index contributed by atoms with van der Waals surface area (Å²) in [6.45, 7) is 8.58. The van der Waals surface area contributed by atoms with Gasteiger partial charge in [0.1, 0.15) is 4.88 Å². The number of carbonyl (C=O) groups is 1. The van der Waals surface area contributed by atoms with Gasteiger partial charge in [0.05, 0.1) is 11.1 Å². The predicted octanol–water partition coefficient (Wildman–Crippen LogP) is 6.15. The van der Waals surface area contributed by atoms with E-state index in [-0.39, 0.29) is 10.7 Å². The molecule has 3 rings (SSSR count). The first-order chi connectivity index (χ1) is 10.4. The van der Waals surface area contributed by atoms with Crippen LogP contribution in [0.4, 0.5) is 5.69 Å². The number of anilines is 1. The Kier molecular flexibility index (Phi) is 4.32. The van der Waals surface area contributed by atoms with Crippen molar-refractivity contribution >= 4 is 43.2 Å². The van der Waals surface area contributed by atoms with Crippen molar-refractivity contribution in [1.29, 1.82) is 0 Å². The van der Waals surface area contributed by atoms with Crippen molar-refractivity contribution in [2.75, 3.05) is 5.32 Å². The van der Waals surface area contributed by atoms with Crippen LogP contribution in [0.3, 0.4) is 0 Å². The number of thioether (sulfide) groups is 1. The molecule has 0 aliphatic carbocycles. The Morgan fingerprint density at radius 3 is 2.91 bits per heavy atom. The molecule has 0 atom stereocenters. The second-order valence-electron chi connectivity index (χ2n) is 6.18. The molecule has 0 amide bonds. The molecule has 0 bridgehead atoms. The Morgan fingerprint density at radius 1 is 1.41 bits per heavy atom. The number of rotatable bonds is 3. The van der Waals surface area contributed by atoms with Crippen LogP contribution < -0.4 is 5.32 Å². The lowest BCUT2D eigenvalue weighted by Crippen LogP contribution is -2.30. The molecule has 1 aliphatic heterocycles. The van der Waals surface area contributed by atoms with E-state index in [1.165, 1.54) is 39.0 Å². The fraction of sp³-hybridized carbons (Fsp3) is 0.412. The molecule has 1 N–H and O–H groups in total. The van der Waals surface area contributed by atoms with Crippen molar-refractivity contribution in [2.24, 2.45) is 0 Å². The van der Waals surface area contributed by atoms with E-state index in [2.05, 4.69) is 51.2 Å². The van der Waals surface area contributed by atoms with Gasteiger partial charge in [0.2, 0.25) is 0 Å². The number of hydrogen-bond acceptors (Lipinski definition) is 4. The predicted molar refractivity (Wildman–Crippen MR) is 99.2 cm³/mol. The van der Waals surface area contributed by atoms with E-state index in [0.717, 1.165) is 10.6 Å². The second kappa shape index (κ2) is 5.95. The molecule has 1 aromatic carbocycles. The molecule has 0 spiro atoms. The lowest BCUT2D eigenvalue weighted by molar-refractivity contribution is -0.111. The standard InChI is InChI=1S/C17H20NOS3/c1-5-6-13(19)20-16-14-11-9-10(2)7-8-12(11)18-17(3,4)15(14)21-22-16/h7-9,18H,5-6H2,1-4H3/q+1. The van der Waals surface area contributed by atoms with E-state index >= 15 is 0 Å². The van der Waals surface area contributed by atoms with Gasteiger partial charge in [-0.25, -0.2) is 0 Å². The Hall–Kier alpha value is -0.910. The lowest BCUT2D eigenvalue weighted by Gasteiger charge is -2.32. The Balaban J connectivity index is 2.12. The highest BCUT2D eigenvalue weighted by molar-refractivity contribution is 8.16. The van der Waals surface area contributed by atoms with Gasteiger partial charge in [-0.1, -0.05) is 18.6 Å². The third-order valence-electron chi connectivity index (χ3n) is 3.75. The molecule has 116 valence electrons. The van der Waals surface area contributed by atoms with E-state index in [0.29, 0.717) is 6.42 Å². The fourth-order valence-electron chi connectivity index (χ4n) is 2.70. The summed E-state index contributed by atoms with van der Waals surface area (Å²) in [6.07, 6.45) is 1.55. The van der Waals surface area contributed by atoms with Crippen LogP contribution in [0.5, 0.6) is 0 Å². The largest absolute Gasteiger partial charge is 0.375 e. The summed E-state index contributed by atoms with van der Waals surface area (Å²) in [7, 11) is 3.53. The van der Waals surface area contributed by atoms with Gasteiger partial charge in [-0.05, 0) is 39.3 Å². The van der Waals surface area contributed by atoms with Crippen molar-refractivity contribution in [3.8, 4) is 11.1 Å². The minimum Gasteiger partial charge on any atom is -0.375 e. The van der Waals surface area contributed by atoms with Crippen LogP contribution in [0.1, 0.15) is 44.1 Å². The quantitative estimate of drug-likeness (QED) is 0.409. The number of aryl methyl sites for hydroxylation is 1. The molecule has 0 fully saturated rings. The highest BCUT2D eigenvalue weighted by Crippen LogP contribution is 2.53. The average molecular weight is 351 g/mol. The van der Waals surface area contributed by atoms with Crippen LogP contribution in [-0.2, 0) is 10.3 Å². The highest BCUT2D eigenvalue weighted by atomic mass is 32.9. The normalized spacial score (nSPS) is 14.9. The van der Waals surface area contributed by atoms with E-state index in [1.54, 1.807) is 20.7 Å². The second-order valence-corrected chi connectivity index (χ2v) is 9.66. The first-order valence-corrected chi connectivity index (χ1v) is 10.5. The zero-order valence-corrected chi connectivity index (χ0v) is 15.7. The molecule has 22 heavy (non-hydrogen) atoms. The molecule has 1 aliphatic rings. The van der Waals surface area contributed by atoms with Crippen LogP contribution in [0.15, 0.2) is 22.4 Å². The number of benzene rings is 1. The van der Waals surface area contributed by atoms with Gasteiger partial charge in [-0.15, -0.1) is 0 Å². The molecule has 5 heteroatoms. The zero-order valence-electron chi connectivity index (χ0n) is 13.3. The third-order valence-corrected chi connectivity index (χ3v) is 7.96. The number of hydrogen-bond donors (Lipinski definition) is 1. The maximum atomic E-state index is 12.1. The molecule has 0 saturated heterocycles. The van der Waals surface area contributed by atoms with Crippen molar-refractivity contribution in [3.05, 3.63) is 28.6 Å². The van der Waals surface area contributed by atoms with Crippen LogP contribution in [0.25, 0.3) is 11.1 Å². The monoisotopic (exact) mass is 350 g/mol. The van der Waals surface area contributed by atoms with Gasteiger partial charge in [-0.2, -0.15) is 0 Å². The van der Waals surface area contributed by atoms with E-state index in [4.69, 9.17) is 0 Å².